The van der Waals surface area contributed by atoms with Gasteiger partial charge in [0.1, 0.15) is 0 Å². The summed E-state index contributed by atoms with van der Waals surface area (Å²) in [5.41, 5.74) is 3.78. The number of nitrogens with one attached hydrogen (secondary N) is 1. The smallest absolute Gasteiger partial charge is 0.872 e. The standard InChI is InChI=1S/C56H42O2Si2.C7H8NO.Al/c57-55-51(59(43-25-7-1-8-26-43,44-27-9-2-10-28-44)45-29-11-3-12-30-45)39-41-23-19-21-37-49(41)53(55)54-50-38-22-20-24-42(50)40-52(56(54)58)60(46-31-13-4-14-32-46,47-33-15-5-16-34-47)48-35-17-6-18-36-48;9-8-6-7-4-2-1-3-5-7;/h1-40,57-58H;1-5,8H,6H2;/q;-1;+3/p-2. The maximum atomic E-state index is 16.4. The van der Waals surface area contributed by atoms with Crippen LogP contribution in [0.25, 0.3) is 32.7 Å². The van der Waals surface area contributed by atoms with Gasteiger partial charge in [0.25, 0.3) is 0 Å². The third-order valence-electron chi connectivity index (χ3n) is 13.4. The van der Waals surface area contributed by atoms with Gasteiger partial charge in [-0.2, -0.15) is 0 Å². The molecule has 0 atom stereocenters. The average molecular weight is 950 g/mol. The molecule has 70 heavy (non-hydrogen) atoms. The Hall–Kier alpha value is -7.57. The molecule has 334 valence electrons. The molecule has 7 heteroatoms. The van der Waals surface area contributed by atoms with Crippen LogP contribution in [-0.4, -0.2) is 33.5 Å². The van der Waals surface area contributed by atoms with Crippen LogP contribution < -0.4 is 57.2 Å². The van der Waals surface area contributed by atoms with Crippen LogP contribution in [0.15, 0.2) is 273 Å². The van der Waals surface area contributed by atoms with E-state index in [-0.39, 0.29) is 28.9 Å². The predicted molar refractivity (Wildman–Crippen MR) is 295 cm³/mol. The molecule has 0 heterocycles. The van der Waals surface area contributed by atoms with Gasteiger partial charge in [0.2, 0.25) is 0 Å². The van der Waals surface area contributed by atoms with Crippen molar-refractivity contribution in [3.63, 3.8) is 0 Å². The van der Waals surface area contributed by atoms with E-state index >= 15 is 10.2 Å². The minimum atomic E-state index is -3.32. The maximum absolute atomic E-state index is 16.4. The van der Waals surface area contributed by atoms with Crippen LogP contribution >= 0.6 is 0 Å². The van der Waals surface area contributed by atoms with Gasteiger partial charge in [-0.25, -0.2) is 0 Å². The van der Waals surface area contributed by atoms with Crippen molar-refractivity contribution in [2.45, 2.75) is 6.54 Å². The first-order valence-corrected chi connectivity index (χ1v) is 27.3. The van der Waals surface area contributed by atoms with Crippen molar-refractivity contribution in [1.82, 2.24) is 5.48 Å². The monoisotopic (exact) mass is 949 g/mol. The second-order valence-corrected chi connectivity index (χ2v) is 24.7. The number of hydroxylamine groups is 1. The predicted octanol–water partition coefficient (Wildman–Crippen LogP) is 7.46. The van der Waals surface area contributed by atoms with Crippen LogP contribution in [0.2, 0.25) is 0 Å². The molecule has 0 bridgehead atoms. The van der Waals surface area contributed by atoms with Gasteiger partial charge < -0.3 is 20.9 Å². The molecule has 0 saturated heterocycles. The molecular weight excluding hydrogens is 902 g/mol. The summed E-state index contributed by atoms with van der Waals surface area (Å²) >= 11 is 0. The second kappa shape index (κ2) is 21.4. The minimum absolute atomic E-state index is 0. The average Bonchev–Trinajstić information content (AvgIpc) is 3.42. The first-order chi connectivity index (χ1) is 34.1. The molecule has 11 rings (SSSR count). The molecule has 0 unspecified atom stereocenters. The van der Waals surface area contributed by atoms with Gasteiger partial charge in [-0.3, -0.25) is 0 Å². The summed E-state index contributed by atoms with van der Waals surface area (Å²) in [5.74, 6) is -0.217. The summed E-state index contributed by atoms with van der Waals surface area (Å²) in [5, 5.41) is 54.2. The van der Waals surface area contributed by atoms with E-state index in [0.29, 0.717) is 17.7 Å². The maximum Gasteiger partial charge on any atom is 3.00 e. The molecular formula is C63H48AlNO3Si2. The van der Waals surface area contributed by atoms with E-state index in [1.54, 1.807) is 0 Å². The quantitative estimate of drug-likeness (QED) is 0.0831. The zero-order chi connectivity index (χ0) is 47.0. The molecule has 0 saturated carbocycles. The van der Waals surface area contributed by atoms with E-state index in [9.17, 15) is 5.21 Å². The summed E-state index contributed by atoms with van der Waals surface area (Å²) in [4.78, 5) is 0. The van der Waals surface area contributed by atoms with Crippen LogP contribution in [0.5, 0.6) is 11.5 Å². The van der Waals surface area contributed by atoms with E-state index in [4.69, 9.17) is 0 Å². The van der Waals surface area contributed by atoms with Crippen LogP contribution in [0, 0.1) is 5.21 Å². The molecule has 0 amide bonds. The number of fused-ring (bicyclic) bond motifs is 2. The summed E-state index contributed by atoms with van der Waals surface area (Å²) < 4.78 is 0. The van der Waals surface area contributed by atoms with E-state index in [0.717, 1.165) is 68.6 Å². The summed E-state index contributed by atoms with van der Waals surface area (Å²) in [6.07, 6.45) is 0. The topological polar surface area (TPSA) is 81.2 Å². The Morgan fingerprint density at radius 2 is 0.557 bits per heavy atom. The fraction of sp³-hybridized carbons (Fsp3) is 0.0159. The molecule has 0 spiro atoms. The van der Waals surface area contributed by atoms with Crippen molar-refractivity contribution in [2.75, 3.05) is 0 Å². The van der Waals surface area contributed by atoms with Crippen molar-refractivity contribution in [1.29, 1.82) is 0 Å². The molecule has 1 N–H and O–H groups in total. The Balaban J connectivity index is 0.000000550. The Morgan fingerprint density at radius 1 is 0.314 bits per heavy atom. The molecule has 0 aliphatic carbocycles. The SMILES string of the molecule is [Al+3].[O-]NCc1ccccc1.[O-]c1c([Si](c2ccccc2)(c2ccccc2)c2ccccc2)cc2ccccc2c1-c1c([O-])c([Si](c2ccccc2)(c2ccccc2)c2ccccc2)cc2ccccc12. The second-order valence-electron chi connectivity index (χ2n) is 17.2. The van der Waals surface area contributed by atoms with Gasteiger partial charge in [0.15, 0.2) is 16.1 Å². The molecule has 0 aliphatic heterocycles. The Kier molecular flexibility index (Phi) is 14.5. The Bertz CT molecular complexity index is 3050. The van der Waals surface area contributed by atoms with E-state index in [2.05, 4.69) is 170 Å². The summed E-state index contributed by atoms with van der Waals surface area (Å²) in [6, 6.07) is 93.2. The van der Waals surface area contributed by atoms with Crippen molar-refractivity contribution in [3.8, 4) is 22.6 Å². The van der Waals surface area contributed by atoms with Gasteiger partial charge in [-0.05, 0) is 69.4 Å². The third kappa shape index (κ3) is 8.61. The van der Waals surface area contributed by atoms with Crippen LogP contribution in [0.3, 0.4) is 0 Å². The normalized spacial score (nSPS) is 11.3. The van der Waals surface area contributed by atoms with E-state index in [1.807, 2.05) is 109 Å². The summed E-state index contributed by atoms with van der Waals surface area (Å²) in [6.45, 7) is 0.404. The van der Waals surface area contributed by atoms with Crippen molar-refractivity contribution in [2.24, 2.45) is 0 Å². The fourth-order valence-corrected chi connectivity index (χ4v) is 20.1. The van der Waals surface area contributed by atoms with Gasteiger partial charge in [0.05, 0.1) is 0 Å². The van der Waals surface area contributed by atoms with Gasteiger partial charge in [-0.15, -0.1) is 11.5 Å². The largest absolute Gasteiger partial charge is 3.00 e. The molecule has 11 aromatic rings. The minimum Gasteiger partial charge on any atom is -0.872 e. The first-order valence-electron chi connectivity index (χ1n) is 23.3. The van der Waals surface area contributed by atoms with Gasteiger partial charge in [-0.1, -0.05) is 283 Å². The number of benzene rings is 11. The zero-order valence-electron chi connectivity index (χ0n) is 38.5. The van der Waals surface area contributed by atoms with Crippen LogP contribution in [0.4, 0.5) is 0 Å². The molecule has 11 aromatic carbocycles. The third-order valence-corrected chi connectivity index (χ3v) is 23.0. The first kappa shape index (κ1) is 47.5. The van der Waals surface area contributed by atoms with Gasteiger partial charge >= 0.3 is 17.4 Å². The van der Waals surface area contributed by atoms with E-state index in [1.165, 1.54) is 0 Å². The van der Waals surface area contributed by atoms with Crippen molar-refractivity contribution < 1.29 is 10.2 Å². The molecule has 0 aromatic heterocycles. The number of rotatable bonds is 11. The fourth-order valence-electron chi connectivity index (χ4n) is 10.5. The van der Waals surface area contributed by atoms with Crippen molar-refractivity contribution in [3.05, 3.63) is 284 Å². The van der Waals surface area contributed by atoms with Crippen LogP contribution in [0.1, 0.15) is 5.56 Å². The number of hydrogen-bond donors (Lipinski definition) is 1. The van der Waals surface area contributed by atoms with E-state index < -0.39 is 16.1 Å². The van der Waals surface area contributed by atoms with Crippen molar-refractivity contribution >= 4 is 96.5 Å². The summed E-state index contributed by atoms with van der Waals surface area (Å²) in [7, 11) is -6.65. The molecule has 0 aliphatic rings. The Labute approximate surface area is 422 Å². The zero-order valence-corrected chi connectivity index (χ0v) is 41.6. The van der Waals surface area contributed by atoms with Gasteiger partial charge in [0, 0.05) is 6.54 Å². The van der Waals surface area contributed by atoms with Crippen LogP contribution in [-0.2, 0) is 6.54 Å². The molecule has 0 fully saturated rings. The molecule has 0 radical (unpaired) electrons. The number of hydrogen-bond acceptors (Lipinski definition) is 4. The Morgan fingerprint density at radius 3 is 0.829 bits per heavy atom. The molecule has 4 nitrogen and oxygen atoms in total.